The van der Waals surface area contributed by atoms with E-state index in [2.05, 4.69) is 34.1 Å². The molecule has 0 unspecified atom stereocenters. The molecule has 2 aromatic rings. The molecule has 0 atom stereocenters. The average molecular weight is 380 g/mol. The number of carbonyl (C=O) groups is 2. The number of aromatic nitrogens is 1. The van der Waals surface area contributed by atoms with Gasteiger partial charge in [-0.25, -0.2) is 4.98 Å². The van der Waals surface area contributed by atoms with E-state index in [9.17, 15) is 9.59 Å². The van der Waals surface area contributed by atoms with E-state index in [1.807, 2.05) is 36.4 Å². The van der Waals surface area contributed by atoms with Gasteiger partial charge in [0.05, 0.1) is 11.9 Å². The summed E-state index contributed by atoms with van der Waals surface area (Å²) in [5, 5.41) is 2.82. The summed E-state index contributed by atoms with van der Waals surface area (Å²) in [6.07, 6.45) is 2.98. The lowest BCUT2D eigenvalue weighted by Gasteiger charge is -2.33. The molecule has 1 aliphatic heterocycles. The summed E-state index contributed by atoms with van der Waals surface area (Å²) in [5.41, 5.74) is 2.51. The zero-order valence-electron chi connectivity index (χ0n) is 16.6. The number of nitrogens with zero attached hydrogens (tertiary/aromatic N) is 3. The number of piperazine rings is 1. The van der Waals surface area contributed by atoms with Crippen LogP contribution in [0.4, 0.5) is 11.5 Å². The largest absolute Gasteiger partial charge is 0.354 e. The summed E-state index contributed by atoms with van der Waals surface area (Å²) in [4.78, 5) is 33.4. The van der Waals surface area contributed by atoms with Gasteiger partial charge in [-0.05, 0) is 31.2 Å². The van der Waals surface area contributed by atoms with Crippen LogP contribution in [0.3, 0.4) is 0 Å². The quantitative estimate of drug-likeness (QED) is 0.748. The third-order valence-electron chi connectivity index (χ3n) is 5.12. The Balaban J connectivity index is 1.47. The van der Waals surface area contributed by atoms with Crippen LogP contribution in [-0.2, 0) is 11.2 Å². The third kappa shape index (κ3) is 5.39. The number of hydrogen-bond acceptors (Lipinski definition) is 5. The smallest absolute Gasteiger partial charge is 0.224 e. The fraction of sp³-hybridized carbons (Fsp3) is 0.409. The summed E-state index contributed by atoms with van der Waals surface area (Å²) in [6, 6.07) is 11.4. The van der Waals surface area contributed by atoms with Gasteiger partial charge in [-0.1, -0.05) is 31.2 Å². The van der Waals surface area contributed by atoms with Crippen LogP contribution in [0.25, 0.3) is 0 Å². The molecular weight excluding hydrogens is 352 g/mol. The Bertz CT molecular complexity index is 794. The van der Waals surface area contributed by atoms with Gasteiger partial charge in [0.15, 0.2) is 5.78 Å². The van der Waals surface area contributed by atoms with E-state index in [4.69, 9.17) is 0 Å². The van der Waals surface area contributed by atoms with Crippen LogP contribution >= 0.6 is 0 Å². The SMILES string of the molecule is CCc1ccc(C(=O)CCC(=O)Nc2ccc(N3CCN(C)CC3)nc2)cc1. The lowest BCUT2D eigenvalue weighted by atomic mass is 10.0. The number of pyridine rings is 1. The highest BCUT2D eigenvalue weighted by atomic mass is 16.2. The Kier molecular flexibility index (Phi) is 6.76. The minimum absolute atomic E-state index is 0.0126. The standard InChI is InChI=1S/C22H28N4O2/c1-3-17-4-6-18(7-5-17)20(27)9-11-22(28)24-19-8-10-21(23-16-19)26-14-12-25(2)13-15-26/h4-8,10,16H,3,9,11-15H2,1-2H3,(H,24,28). The molecule has 2 heterocycles. The molecule has 1 aromatic heterocycles. The molecule has 1 fully saturated rings. The maximum absolute atomic E-state index is 12.2. The fourth-order valence-corrected chi connectivity index (χ4v) is 3.20. The number of Topliss-reactive ketones (excluding diaryl/α,β-unsaturated/α-hetero) is 1. The molecule has 1 N–H and O–H groups in total. The van der Waals surface area contributed by atoms with Gasteiger partial charge < -0.3 is 15.1 Å². The summed E-state index contributed by atoms with van der Waals surface area (Å²) in [7, 11) is 2.12. The Hall–Kier alpha value is -2.73. The monoisotopic (exact) mass is 380 g/mol. The lowest BCUT2D eigenvalue weighted by molar-refractivity contribution is -0.116. The van der Waals surface area contributed by atoms with Crippen molar-refractivity contribution in [3.8, 4) is 0 Å². The Morgan fingerprint density at radius 3 is 2.32 bits per heavy atom. The highest BCUT2D eigenvalue weighted by molar-refractivity contribution is 6.00. The first-order valence-electron chi connectivity index (χ1n) is 9.86. The van der Waals surface area contributed by atoms with Crippen molar-refractivity contribution in [1.82, 2.24) is 9.88 Å². The lowest BCUT2D eigenvalue weighted by Crippen LogP contribution is -2.44. The predicted octanol–water partition coefficient (Wildman–Crippen LogP) is 3.00. The summed E-state index contributed by atoms with van der Waals surface area (Å²) >= 11 is 0. The number of amides is 1. The van der Waals surface area contributed by atoms with Crippen LogP contribution in [0.15, 0.2) is 42.6 Å². The van der Waals surface area contributed by atoms with Crippen molar-refractivity contribution in [2.45, 2.75) is 26.2 Å². The summed E-state index contributed by atoms with van der Waals surface area (Å²) in [6.45, 7) is 6.03. The number of nitrogens with one attached hydrogen (secondary N) is 1. The molecule has 1 aliphatic rings. The van der Waals surface area contributed by atoms with E-state index < -0.39 is 0 Å². The topological polar surface area (TPSA) is 65.5 Å². The van der Waals surface area contributed by atoms with Crippen molar-refractivity contribution < 1.29 is 9.59 Å². The molecule has 0 saturated carbocycles. The first kappa shape index (κ1) is 20.0. The van der Waals surface area contributed by atoms with Crippen LogP contribution in [0.2, 0.25) is 0 Å². The van der Waals surface area contributed by atoms with Gasteiger partial charge in [-0.15, -0.1) is 0 Å². The molecule has 6 heteroatoms. The number of rotatable bonds is 7. The van der Waals surface area contributed by atoms with Crippen LogP contribution in [0, 0.1) is 0 Å². The minimum Gasteiger partial charge on any atom is -0.354 e. The van der Waals surface area contributed by atoms with Crippen LogP contribution in [-0.4, -0.2) is 54.8 Å². The second kappa shape index (κ2) is 9.46. The highest BCUT2D eigenvalue weighted by Gasteiger charge is 2.15. The Labute approximate surface area is 166 Å². The van der Waals surface area contributed by atoms with Crippen molar-refractivity contribution in [1.29, 1.82) is 0 Å². The van der Waals surface area contributed by atoms with Gasteiger partial charge in [0.1, 0.15) is 5.82 Å². The molecular formula is C22H28N4O2. The third-order valence-corrected chi connectivity index (χ3v) is 5.12. The fourth-order valence-electron chi connectivity index (χ4n) is 3.20. The van der Waals surface area contributed by atoms with E-state index >= 15 is 0 Å². The van der Waals surface area contributed by atoms with Gasteiger partial charge in [-0.3, -0.25) is 9.59 Å². The maximum atomic E-state index is 12.2. The Morgan fingerprint density at radius 2 is 1.71 bits per heavy atom. The Morgan fingerprint density at radius 1 is 1.00 bits per heavy atom. The van der Waals surface area contributed by atoms with Crippen LogP contribution < -0.4 is 10.2 Å². The van der Waals surface area contributed by atoms with Crippen LogP contribution in [0.1, 0.15) is 35.7 Å². The van der Waals surface area contributed by atoms with Gasteiger partial charge in [0, 0.05) is 44.6 Å². The van der Waals surface area contributed by atoms with E-state index in [1.165, 1.54) is 5.56 Å². The van der Waals surface area contributed by atoms with Gasteiger partial charge in [-0.2, -0.15) is 0 Å². The van der Waals surface area contributed by atoms with E-state index in [0.717, 1.165) is 38.4 Å². The van der Waals surface area contributed by atoms with Gasteiger partial charge in [0.2, 0.25) is 5.91 Å². The number of ketones is 1. The van der Waals surface area contributed by atoms with Crippen LogP contribution in [0.5, 0.6) is 0 Å². The molecule has 0 aliphatic carbocycles. The number of hydrogen-bond donors (Lipinski definition) is 1. The first-order chi connectivity index (χ1) is 13.5. The average Bonchev–Trinajstić information content (AvgIpc) is 2.73. The van der Waals surface area contributed by atoms with E-state index in [0.29, 0.717) is 11.3 Å². The minimum atomic E-state index is -0.173. The second-order valence-electron chi connectivity index (χ2n) is 7.22. The van der Waals surface area contributed by atoms with Crippen molar-refractivity contribution in [3.63, 3.8) is 0 Å². The van der Waals surface area contributed by atoms with E-state index in [-0.39, 0.29) is 24.5 Å². The number of benzene rings is 1. The van der Waals surface area contributed by atoms with Crippen molar-refractivity contribution >= 4 is 23.2 Å². The molecule has 1 saturated heterocycles. The molecule has 1 aromatic carbocycles. The summed E-state index contributed by atoms with van der Waals surface area (Å²) < 4.78 is 0. The maximum Gasteiger partial charge on any atom is 0.224 e. The molecule has 1 amide bonds. The number of anilines is 2. The van der Waals surface area contributed by atoms with Gasteiger partial charge >= 0.3 is 0 Å². The van der Waals surface area contributed by atoms with Crippen molar-refractivity contribution in [3.05, 3.63) is 53.7 Å². The number of carbonyl (C=O) groups excluding carboxylic acids is 2. The molecule has 0 bridgehead atoms. The first-order valence-corrected chi connectivity index (χ1v) is 9.86. The molecule has 6 nitrogen and oxygen atoms in total. The zero-order valence-corrected chi connectivity index (χ0v) is 16.6. The predicted molar refractivity (Wildman–Crippen MR) is 112 cm³/mol. The molecule has 0 radical (unpaired) electrons. The second-order valence-corrected chi connectivity index (χ2v) is 7.22. The highest BCUT2D eigenvalue weighted by Crippen LogP contribution is 2.16. The normalized spacial score (nSPS) is 14.7. The van der Waals surface area contributed by atoms with Crippen molar-refractivity contribution in [2.24, 2.45) is 0 Å². The molecule has 0 spiro atoms. The summed E-state index contributed by atoms with van der Waals surface area (Å²) in [5.74, 6) is 0.742. The van der Waals surface area contributed by atoms with E-state index in [1.54, 1.807) is 6.20 Å². The van der Waals surface area contributed by atoms with Crippen molar-refractivity contribution in [2.75, 3.05) is 43.4 Å². The van der Waals surface area contributed by atoms with Gasteiger partial charge in [0.25, 0.3) is 0 Å². The molecule has 148 valence electrons. The molecule has 28 heavy (non-hydrogen) atoms. The number of likely N-dealkylation sites (N-methyl/N-ethyl adjacent to an activating group) is 1. The zero-order chi connectivity index (χ0) is 19.9. The molecule has 3 rings (SSSR count). The number of aryl methyl sites for hydroxylation is 1.